The molecule has 0 unspecified atom stereocenters. The number of rotatable bonds is 1. The monoisotopic (exact) mass is 264 g/mol. The Kier molecular flexibility index (Phi) is 2.68. The lowest BCUT2D eigenvalue weighted by molar-refractivity contribution is 1.24. The third-order valence-electron chi connectivity index (χ3n) is 1.12. The number of hydrogen-bond donors (Lipinski definition) is 1. The van der Waals surface area contributed by atoms with Gasteiger partial charge in [-0.25, -0.2) is 0 Å². The van der Waals surface area contributed by atoms with Gasteiger partial charge in [0.1, 0.15) is 0 Å². The standard InChI is InChI=1S/C6H6Br2N2/c7-1-4-2-10-3-5(9)6(4)8/h2-3H,1,9H2. The van der Waals surface area contributed by atoms with Gasteiger partial charge < -0.3 is 5.73 Å². The van der Waals surface area contributed by atoms with E-state index in [0.717, 1.165) is 15.4 Å². The largest absolute Gasteiger partial charge is 0.397 e. The lowest BCUT2D eigenvalue weighted by Crippen LogP contribution is -1.91. The summed E-state index contributed by atoms with van der Waals surface area (Å²) in [5, 5.41) is 0.769. The highest BCUT2D eigenvalue weighted by Crippen LogP contribution is 2.23. The molecule has 2 nitrogen and oxygen atoms in total. The minimum Gasteiger partial charge on any atom is -0.397 e. The van der Waals surface area contributed by atoms with E-state index in [0.29, 0.717) is 5.69 Å². The number of anilines is 1. The zero-order valence-corrected chi connectivity index (χ0v) is 8.31. The summed E-state index contributed by atoms with van der Waals surface area (Å²) in [4.78, 5) is 3.93. The number of halogens is 2. The van der Waals surface area contributed by atoms with Crippen LogP contribution in [0.1, 0.15) is 5.56 Å². The van der Waals surface area contributed by atoms with Crippen molar-refractivity contribution in [3.8, 4) is 0 Å². The van der Waals surface area contributed by atoms with Crippen molar-refractivity contribution in [2.75, 3.05) is 5.73 Å². The molecule has 0 radical (unpaired) electrons. The van der Waals surface area contributed by atoms with Crippen LogP contribution in [0.2, 0.25) is 0 Å². The van der Waals surface area contributed by atoms with Crippen LogP contribution in [-0.2, 0) is 5.33 Å². The third-order valence-corrected chi connectivity index (χ3v) is 2.69. The SMILES string of the molecule is Nc1cncc(CBr)c1Br. The number of nitrogens with zero attached hydrogens (tertiary/aromatic N) is 1. The lowest BCUT2D eigenvalue weighted by Gasteiger charge is -2.00. The van der Waals surface area contributed by atoms with Crippen molar-refractivity contribution in [2.24, 2.45) is 0 Å². The van der Waals surface area contributed by atoms with Gasteiger partial charge in [0.15, 0.2) is 0 Å². The Hall–Kier alpha value is -0.0900. The second-order valence-electron chi connectivity index (χ2n) is 1.84. The molecule has 0 spiro atoms. The molecule has 54 valence electrons. The maximum absolute atomic E-state index is 5.57. The predicted molar refractivity (Wildman–Crippen MR) is 49.0 cm³/mol. The van der Waals surface area contributed by atoms with Crippen molar-refractivity contribution in [3.63, 3.8) is 0 Å². The molecule has 4 heteroatoms. The molecule has 0 amide bonds. The second kappa shape index (κ2) is 3.34. The molecule has 0 saturated carbocycles. The Bertz CT molecular complexity index is 237. The Labute approximate surface area is 76.1 Å². The first-order valence-electron chi connectivity index (χ1n) is 2.69. The maximum atomic E-state index is 5.57. The van der Waals surface area contributed by atoms with Gasteiger partial charge in [-0.3, -0.25) is 4.98 Å². The van der Waals surface area contributed by atoms with E-state index in [1.807, 2.05) is 0 Å². The van der Waals surface area contributed by atoms with Gasteiger partial charge in [-0.15, -0.1) is 0 Å². The van der Waals surface area contributed by atoms with E-state index >= 15 is 0 Å². The molecule has 0 bridgehead atoms. The Morgan fingerprint density at radius 1 is 1.50 bits per heavy atom. The Morgan fingerprint density at radius 3 is 2.70 bits per heavy atom. The van der Waals surface area contributed by atoms with Gasteiger partial charge in [-0.1, -0.05) is 15.9 Å². The van der Waals surface area contributed by atoms with Crippen LogP contribution in [0.15, 0.2) is 16.9 Å². The molecular formula is C6H6Br2N2. The fourth-order valence-electron chi connectivity index (χ4n) is 0.599. The zero-order valence-electron chi connectivity index (χ0n) is 5.14. The first-order chi connectivity index (χ1) is 4.75. The molecule has 1 aromatic heterocycles. The van der Waals surface area contributed by atoms with Crippen LogP contribution in [0, 0.1) is 0 Å². The van der Waals surface area contributed by atoms with Crippen LogP contribution < -0.4 is 5.73 Å². The van der Waals surface area contributed by atoms with Crippen molar-refractivity contribution in [1.82, 2.24) is 4.98 Å². The van der Waals surface area contributed by atoms with E-state index in [-0.39, 0.29) is 0 Å². The van der Waals surface area contributed by atoms with Gasteiger partial charge in [0.05, 0.1) is 11.9 Å². The van der Waals surface area contributed by atoms with Crippen molar-refractivity contribution in [2.45, 2.75) is 5.33 Å². The van der Waals surface area contributed by atoms with Gasteiger partial charge in [-0.2, -0.15) is 0 Å². The fraction of sp³-hybridized carbons (Fsp3) is 0.167. The Balaban J connectivity index is 3.14. The van der Waals surface area contributed by atoms with Crippen molar-refractivity contribution in [1.29, 1.82) is 0 Å². The molecule has 0 aliphatic rings. The smallest absolute Gasteiger partial charge is 0.0648 e. The number of alkyl halides is 1. The lowest BCUT2D eigenvalue weighted by atomic mass is 10.3. The van der Waals surface area contributed by atoms with Gasteiger partial charge in [0, 0.05) is 16.0 Å². The number of pyridine rings is 1. The van der Waals surface area contributed by atoms with Crippen molar-refractivity contribution >= 4 is 37.5 Å². The summed E-state index contributed by atoms with van der Waals surface area (Å²) in [7, 11) is 0. The van der Waals surface area contributed by atoms with Crippen molar-refractivity contribution in [3.05, 3.63) is 22.4 Å². The summed E-state index contributed by atoms with van der Waals surface area (Å²) in [6.07, 6.45) is 3.39. The summed E-state index contributed by atoms with van der Waals surface area (Å²) < 4.78 is 0.930. The Morgan fingerprint density at radius 2 is 2.20 bits per heavy atom. The number of nitrogens with two attached hydrogens (primary N) is 1. The highest BCUT2D eigenvalue weighted by atomic mass is 79.9. The normalized spacial score (nSPS) is 9.80. The van der Waals surface area contributed by atoms with E-state index < -0.39 is 0 Å². The average Bonchev–Trinajstić information content (AvgIpc) is 1.95. The van der Waals surface area contributed by atoms with E-state index in [1.165, 1.54) is 0 Å². The van der Waals surface area contributed by atoms with E-state index in [2.05, 4.69) is 36.8 Å². The van der Waals surface area contributed by atoms with Crippen LogP contribution in [-0.4, -0.2) is 4.98 Å². The summed E-state index contributed by atoms with van der Waals surface area (Å²) in [6.45, 7) is 0. The highest BCUT2D eigenvalue weighted by Gasteiger charge is 2.00. The van der Waals surface area contributed by atoms with Crippen LogP contribution in [0.4, 0.5) is 5.69 Å². The molecular weight excluding hydrogens is 260 g/mol. The topological polar surface area (TPSA) is 38.9 Å². The highest BCUT2D eigenvalue weighted by molar-refractivity contribution is 9.11. The maximum Gasteiger partial charge on any atom is 0.0648 e. The van der Waals surface area contributed by atoms with Crippen LogP contribution in [0.5, 0.6) is 0 Å². The van der Waals surface area contributed by atoms with Crippen LogP contribution in [0.25, 0.3) is 0 Å². The minimum atomic E-state index is 0.678. The van der Waals surface area contributed by atoms with Crippen LogP contribution >= 0.6 is 31.9 Å². The minimum absolute atomic E-state index is 0.678. The van der Waals surface area contributed by atoms with Gasteiger partial charge >= 0.3 is 0 Å². The molecule has 1 rings (SSSR count). The predicted octanol–water partition coefficient (Wildman–Crippen LogP) is 2.32. The van der Waals surface area contributed by atoms with Gasteiger partial charge in [-0.05, 0) is 21.5 Å². The first kappa shape index (κ1) is 8.01. The molecule has 0 aliphatic heterocycles. The number of hydrogen-bond acceptors (Lipinski definition) is 2. The van der Waals surface area contributed by atoms with Gasteiger partial charge in [0.2, 0.25) is 0 Å². The molecule has 1 heterocycles. The van der Waals surface area contributed by atoms with Gasteiger partial charge in [0.25, 0.3) is 0 Å². The summed E-state index contributed by atoms with van der Waals surface area (Å²) in [5.41, 5.74) is 7.31. The third kappa shape index (κ3) is 1.49. The fourth-order valence-corrected chi connectivity index (χ4v) is 1.75. The second-order valence-corrected chi connectivity index (χ2v) is 3.19. The average molecular weight is 266 g/mol. The molecule has 10 heavy (non-hydrogen) atoms. The van der Waals surface area contributed by atoms with E-state index in [9.17, 15) is 0 Å². The number of aromatic nitrogens is 1. The van der Waals surface area contributed by atoms with Crippen molar-refractivity contribution < 1.29 is 0 Å². The summed E-state index contributed by atoms with van der Waals surface area (Å²) in [5.74, 6) is 0. The number of nitrogen functional groups attached to an aromatic ring is 1. The molecule has 0 aliphatic carbocycles. The molecule has 1 aromatic rings. The zero-order chi connectivity index (χ0) is 7.56. The quantitative estimate of drug-likeness (QED) is 0.792. The molecule has 0 atom stereocenters. The molecule has 0 aromatic carbocycles. The first-order valence-corrected chi connectivity index (χ1v) is 4.61. The van der Waals surface area contributed by atoms with Crippen LogP contribution in [0.3, 0.4) is 0 Å². The van der Waals surface area contributed by atoms with E-state index in [4.69, 9.17) is 5.73 Å². The molecule has 0 saturated heterocycles. The summed E-state index contributed by atoms with van der Waals surface area (Å²) >= 11 is 6.66. The summed E-state index contributed by atoms with van der Waals surface area (Å²) in [6, 6.07) is 0. The molecule has 2 N–H and O–H groups in total. The van der Waals surface area contributed by atoms with E-state index in [1.54, 1.807) is 12.4 Å². The molecule has 0 fully saturated rings.